The van der Waals surface area contributed by atoms with Crippen molar-refractivity contribution in [2.45, 2.75) is 6.92 Å². The second-order valence-corrected chi connectivity index (χ2v) is 5.04. The van der Waals surface area contributed by atoms with Crippen LogP contribution in [-0.4, -0.2) is 25.5 Å². The molecule has 6 heteroatoms. The number of methoxy groups -OCH3 is 1. The minimum absolute atomic E-state index is 0.123. The maximum atomic E-state index is 12.2. The van der Waals surface area contributed by atoms with Gasteiger partial charge >= 0.3 is 0 Å². The summed E-state index contributed by atoms with van der Waals surface area (Å²) in [6.07, 6.45) is 0. The minimum Gasteiger partial charge on any atom is -0.497 e. The van der Waals surface area contributed by atoms with E-state index in [1.807, 2.05) is 6.07 Å². The van der Waals surface area contributed by atoms with E-state index in [9.17, 15) is 9.59 Å². The summed E-state index contributed by atoms with van der Waals surface area (Å²) in [5.74, 6) is 0.0159. The van der Waals surface area contributed by atoms with Crippen molar-refractivity contribution >= 4 is 23.2 Å². The van der Waals surface area contributed by atoms with Crippen LogP contribution in [0.3, 0.4) is 0 Å². The number of carbonyl (C=O) groups is 2. The van der Waals surface area contributed by atoms with Crippen molar-refractivity contribution in [3.63, 3.8) is 0 Å². The van der Waals surface area contributed by atoms with Crippen LogP contribution < -0.4 is 15.0 Å². The minimum atomic E-state index is -0.335. The summed E-state index contributed by atoms with van der Waals surface area (Å²) in [6, 6.07) is 15.5. The Bertz CT molecular complexity index is 779. The number of anilines is 2. The standard InChI is InChI=1S/C18H17N3O3/c1-13(22)21(16-4-3-5-17(10-16)24-2)12-18(23)20-15-8-6-14(11-19)7-9-15/h3-10H,12H2,1-2H3,(H,20,23). The third kappa shape index (κ3) is 4.34. The van der Waals surface area contributed by atoms with Crippen LogP contribution in [0.2, 0.25) is 0 Å². The Morgan fingerprint density at radius 1 is 1.21 bits per heavy atom. The molecule has 2 rings (SSSR count). The van der Waals surface area contributed by atoms with E-state index in [-0.39, 0.29) is 18.4 Å². The second kappa shape index (κ2) is 7.79. The fourth-order valence-corrected chi connectivity index (χ4v) is 2.14. The Balaban J connectivity index is 2.10. The molecule has 0 fully saturated rings. The zero-order valence-corrected chi connectivity index (χ0v) is 13.4. The van der Waals surface area contributed by atoms with Gasteiger partial charge in [-0.1, -0.05) is 6.07 Å². The highest BCUT2D eigenvalue weighted by Gasteiger charge is 2.16. The van der Waals surface area contributed by atoms with Crippen LogP contribution in [0.1, 0.15) is 12.5 Å². The molecule has 0 bridgehead atoms. The van der Waals surface area contributed by atoms with E-state index >= 15 is 0 Å². The number of nitrogens with one attached hydrogen (secondary N) is 1. The Morgan fingerprint density at radius 2 is 1.92 bits per heavy atom. The first-order chi connectivity index (χ1) is 11.5. The van der Waals surface area contributed by atoms with Gasteiger partial charge in [0.2, 0.25) is 11.8 Å². The van der Waals surface area contributed by atoms with E-state index in [0.717, 1.165) is 0 Å². The van der Waals surface area contributed by atoms with Gasteiger partial charge in [0.15, 0.2) is 0 Å². The summed E-state index contributed by atoms with van der Waals surface area (Å²) in [4.78, 5) is 25.5. The molecule has 2 aromatic rings. The Morgan fingerprint density at radius 3 is 2.50 bits per heavy atom. The number of rotatable bonds is 5. The number of hydrogen-bond donors (Lipinski definition) is 1. The lowest BCUT2D eigenvalue weighted by Crippen LogP contribution is -2.36. The van der Waals surface area contributed by atoms with Gasteiger partial charge in [0.1, 0.15) is 12.3 Å². The Labute approximate surface area is 140 Å². The van der Waals surface area contributed by atoms with E-state index in [4.69, 9.17) is 10.00 Å². The van der Waals surface area contributed by atoms with Gasteiger partial charge in [-0.2, -0.15) is 5.26 Å². The van der Waals surface area contributed by atoms with E-state index in [1.165, 1.54) is 18.9 Å². The van der Waals surface area contributed by atoms with E-state index < -0.39 is 0 Å². The lowest BCUT2D eigenvalue weighted by Gasteiger charge is -2.21. The van der Waals surface area contributed by atoms with Crippen LogP contribution in [-0.2, 0) is 9.59 Å². The largest absolute Gasteiger partial charge is 0.497 e. The molecule has 0 saturated carbocycles. The molecule has 0 radical (unpaired) electrons. The highest BCUT2D eigenvalue weighted by Crippen LogP contribution is 2.21. The van der Waals surface area contributed by atoms with Crippen LogP contribution in [0.25, 0.3) is 0 Å². The summed E-state index contributed by atoms with van der Waals surface area (Å²) in [6.45, 7) is 1.27. The number of carbonyl (C=O) groups excluding carboxylic acids is 2. The van der Waals surface area contributed by atoms with Gasteiger partial charge in [-0.3, -0.25) is 9.59 Å². The molecule has 0 aliphatic carbocycles. The number of nitrogens with zero attached hydrogens (tertiary/aromatic N) is 2. The summed E-state index contributed by atoms with van der Waals surface area (Å²) in [5, 5.41) is 11.5. The van der Waals surface area contributed by atoms with Crippen LogP contribution in [0.5, 0.6) is 5.75 Å². The summed E-state index contributed by atoms with van der Waals surface area (Å²) in [5.41, 5.74) is 1.65. The van der Waals surface area contributed by atoms with Gasteiger partial charge in [0.05, 0.1) is 18.7 Å². The molecule has 0 aromatic heterocycles. The number of hydrogen-bond acceptors (Lipinski definition) is 4. The number of benzene rings is 2. The van der Waals surface area contributed by atoms with E-state index in [1.54, 1.807) is 48.5 Å². The molecule has 0 aliphatic rings. The molecule has 2 aromatic carbocycles. The fraction of sp³-hybridized carbons (Fsp3) is 0.167. The van der Waals surface area contributed by atoms with Gasteiger partial charge in [-0.05, 0) is 36.4 Å². The third-order valence-corrected chi connectivity index (χ3v) is 3.34. The molecule has 24 heavy (non-hydrogen) atoms. The smallest absolute Gasteiger partial charge is 0.244 e. The SMILES string of the molecule is COc1cccc(N(CC(=O)Nc2ccc(C#N)cc2)C(C)=O)c1. The molecular formula is C18H17N3O3. The maximum absolute atomic E-state index is 12.2. The predicted octanol–water partition coefficient (Wildman–Crippen LogP) is 2.56. The Kier molecular flexibility index (Phi) is 5.53. The van der Waals surface area contributed by atoms with Gasteiger partial charge in [-0.15, -0.1) is 0 Å². The summed E-state index contributed by atoms with van der Waals surface area (Å²) < 4.78 is 5.14. The first-order valence-corrected chi connectivity index (χ1v) is 7.25. The molecule has 2 amide bonds. The third-order valence-electron chi connectivity index (χ3n) is 3.34. The Hall–Kier alpha value is -3.33. The average Bonchev–Trinajstić information content (AvgIpc) is 2.60. The lowest BCUT2D eigenvalue weighted by atomic mass is 10.2. The molecule has 0 saturated heterocycles. The van der Waals surface area contributed by atoms with Crippen molar-refractivity contribution in [3.05, 3.63) is 54.1 Å². The van der Waals surface area contributed by atoms with Gasteiger partial charge in [-0.25, -0.2) is 0 Å². The van der Waals surface area contributed by atoms with Crippen molar-refractivity contribution in [3.8, 4) is 11.8 Å². The molecule has 6 nitrogen and oxygen atoms in total. The van der Waals surface area contributed by atoms with Gasteiger partial charge in [0, 0.05) is 24.4 Å². The zero-order valence-electron chi connectivity index (χ0n) is 13.4. The van der Waals surface area contributed by atoms with E-state index in [0.29, 0.717) is 22.7 Å². The first-order valence-electron chi connectivity index (χ1n) is 7.25. The van der Waals surface area contributed by atoms with Crippen LogP contribution in [0, 0.1) is 11.3 Å². The van der Waals surface area contributed by atoms with Crippen molar-refractivity contribution in [2.24, 2.45) is 0 Å². The molecule has 0 unspecified atom stereocenters. The molecule has 0 aliphatic heterocycles. The predicted molar refractivity (Wildman–Crippen MR) is 90.8 cm³/mol. The topological polar surface area (TPSA) is 82.4 Å². The normalized spacial score (nSPS) is 9.71. The van der Waals surface area contributed by atoms with Crippen LogP contribution in [0.4, 0.5) is 11.4 Å². The summed E-state index contributed by atoms with van der Waals surface area (Å²) >= 11 is 0. The van der Waals surface area contributed by atoms with Crippen LogP contribution >= 0.6 is 0 Å². The lowest BCUT2D eigenvalue weighted by molar-refractivity contribution is -0.120. The highest BCUT2D eigenvalue weighted by molar-refractivity contribution is 6.01. The molecule has 122 valence electrons. The number of nitriles is 1. The number of ether oxygens (including phenoxy) is 1. The van der Waals surface area contributed by atoms with Gasteiger partial charge in [0.25, 0.3) is 0 Å². The van der Waals surface area contributed by atoms with Gasteiger partial charge < -0.3 is 15.0 Å². The maximum Gasteiger partial charge on any atom is 0.244 e. The fourth-order valence-electron chi connectivity index (χ4n) is 2.14. The molecule has 0 spiro atoms. The van der Waals surface area contributed by atoms with Crippen molar-refractivity contribution in [1.29, 1.82) is 5.26 Å². The van der Waals surface area contributed by atoms with Crippen LogP contribution in [0.15, 0.2) is 48.5 Å². The second-order valence-electron chi connectivity index (χ2n) is 5.04. The molecular weight excluding hydrogens is 306 g/mol. The first kappa shape index (κ1) is 17.0. The molecule has 1 N–H and O–H groups in total. The quantitative estimate of drug-likeness (QED) is 0.916. The zero-order chi connectivity index (χ0) is 17.5. The monoisotopic (exact) mass is 323 g/mol. The molecule has 0 heterocycles. The number of amides is 2. The summed E-state index contributed by atoms with van der Waals surface area (Å²) in [7, 11) is 1.54. The van der Waals surface area contributed by atoms with Crippen molar-refractivity contribution in [1.82, 2.24) is 0 Å². The van der Waals surface area contributed by atoms with Crippen molar-refractivity contribution in [2.75, 3.05) is 23.9 Å². The van der Waals surface area contributed by atoms with E-state index in [2.05, 4.69) is 5.32 Å². The molecule has 0 atom stereocenters. The highest BCUT2D eigenvalue weighted by atomic mass is 16.5. The van der Waals surface area contributed by atoms with Crippen molar-refractivity contribution < 1.29 is 14.3 Å². The average molecular weight is 323 g/mol.